The predicted octanol–water partition coefficient (Wildman–Crippen LogP) is -0.159. The molecule has 1 fully saturated rings. The number of amides is 1. The molecule has 1 aliphatic heterocycles. The molecule has 0 aromatic carbocycles. The van der Waals surface area contributed by atoms with E-state index in [9.17, 15) is 4.79 Å². The number of carbonyl (C=O) groups is 1. The van der Waals surface area contributed by atoms with Gasteiger partial charge >= 0.3 is 0 Å². The van der Waals surface area contributed by atoms with Crippen molar-refractivity contribution in [3.05, 3.63) is 18.2 Å². The minimum atomic E-state index is 0.0200. The summed E-state index contributed by atoms with van der Waals surface area (Å²) < 4.78 is 1.78. The van der Waals surface area contributed by atoms with E-state index in [0.29, 0.717) is 18.2 Å². The molecule has 1 amide bonds. The number of imidazole rings is 1. The van der Waals surface area contributed by atoms with E-state index in [1.807, 2.05) is 11.9 Å². The third-order valence-electron chi connectivity index (χ3n) is 2.83. The van der Waals surface area contributed by atoms with Crippen molar-refractivity contribution in [1.82, 2.24) is 14.5 Å². The van der Waals surface area contributed by atoms with Gasteiger partial charge in [-0.25, -0.2) is 4.98 Å². The number of likely N-dealkylation sites (tertiary alicyclic amines) is 1. The molecule has 1 atom stereocenters. The van der Waals surface area contributed by atoms with Crippen molar-refractivity contribution in [2.75, 3.05) is 19.6 Å². The van der Waals surface area contributed by atoms with Gasteiger partial charge in [-0.2, -0.15) is 0 Å². The number of nitrogens with two attached hydrogens (primary N) is 1. The van der Waals surface area contributed by atoms with Gasteiger partial charge in [-0.1, -0.05) is 0 Å². The molecule has 5 heteroatoms. The summed E-state index contributed by atoms with van der Waals surface area (Å²) in [5.41, 5.74) is 6.10. The van der Waals surface area contributed by atoms with E-state index in [1.54, 1.807) is 17.1 Å². The normalized spacial score (nSPS) is 20.9. The number of hydrogen-bond donors (Lipinski definition) is 1. The van der Waals surface area contributed by atoms with Gasteiger partial charge in [0.05, 0.1) is 6.33 Å². The summed E-state index contributed by atoms with van der Waals surface area (Å²) in [4.78, 5) is 17.8. The molecular formula is C10H16N4O. The third kappa shape index (κ3) is 2.02. The Kier molecular flexibility index (Phi) is 2.73. The van der Waals surface area contributed by atoms with Crippen molar-refractivity contribution >= 4 is 5.91 Å². The minimum Gasteiger partial charge on any atom is -0.340 e. The van der Waals surface area contributed by atoms with E-state index >= 15 is 0 Å². The summed E-state index contributed by atoms with van der Waals surface area (Å²) in [5, 5.41) is 0. The maximum Gasteiger partial charge on any atom is 0.274 e. The zero-order valence-electron chi connectivity index (χ0n) is 8.89. The van der Waals surface area contributed by atoms with Gasteiger partial charge in [0.25, 0.3) is 5.91 Å². The number of nitrogens with zero attached hydrogens (tertiary/aromatic N) is 3. The maximum atomic E-state index is 11.9. The van der Waals surface area contributed by atoms with Crippen LogP contribution in [0.1, 0.15) is 16.9 Å². The van der Waals surface area contributed by atoms with E-state index in [-0.39, 0.29) is 5.91 Å². The number of rotatable bonds is 2. The van der Waals surface area contributed by atoms with Crippen LogP contribution in [-0.4, -0.2) is 40.0 Å². The molecule has 0 spiro atoms. The highest BCUT2D eigenvalue weighted by atomic mass is 16.2. The quantitative estimate of drug-likeness (QED) is 0.734. The van der Waals surface area contributed by atoms with Crippen LogP contribution in [0.3, 0.4) is 0 Å². The van der Waals surface area contributed by atoms with Crippen LogP contribution < -0.4 is 5.73 Å². The van der Waals surface area contributed by atoms with Gasteiger partial charge < -0.3 is 15.2 Å². The van der Waals surface area contributed by atoms with Crippen molar-refractivity contribution in [3.8, 4) is 0 Å². The van der Waals surface area contributed by atoms with Crippen LogP contribution in [0.2, 0.25) is 0 Å². The lowest BCUT2D eigenvalue weighted by Gasteiger charge is -2.14. The Bertz CT molecular complexity index is 360. The Balaban J connectivity index is 2.03. The van der Waals surface area contributed by atoms with Crippen LogP contribution in [0.5, 0.6) is 0 Å². The van der Waals surface area contributed by atoms with E-state index in [0.717, 1.165) is 19.5 Å². The van der Waals surface area contributed by atoms with Crippen LogP contribution in [0.4, 0.5) is 0 Å². The van der Waals surface area contributed by atoms with Crippen LogP contribution >= 0.6 is 0 Å². The lowest BCUT2D eigenvalue weighted by molar-refractivity contribution is 0.0782. The molecule has 0 saturated carbocycles. The molecule has 2 N–H and O–H groups in total. The first-order valence-electron chi connectivity index (χ1n) is 5.18. The van der Waals surface area contributed by atoms with Crippen LogP contribution in [0.25, 0.3) is 0 Å². The molecule has 1 aromatic rings. The van der Waals surface area contributed by atoms with Crippen molar-refractivity contribution in [2.45, 2.75) is 6.42 Å². The lowest BCUT2D eigenvalue weighted by atomic mass is 10.1. The standard InChI is InChI=1S/C10H16N4O/c1-13-6-9(12-7-13)10(15)14-3-2-8(4-11)5-14/h6-8H,2-5,11H2,1H3. The second-order valence-corrected chi connectivity index (χ2v) is 4.07. The molecule has 5 nitrogen and oxygen atoms in total. The Morgan fingerprint density at radius 1 is 1.73 bits per heavy atom. The summed E-state index contributed by atoms with van der Waals surface area (Å²) in [6, 6.07) is 0. The highest BCUT2D eigenvalue weighted by molar-refractivity contribution is 5.92. The zero-order valence-corrected chi connectivity index (χ0v) is 8.89. The maximum absolute atomic E-state index is 11.9. The smallest absolute Gasteiger partial charge is 0.274 e. The van der Waals surface area contributed by atoms with Crippen molar-refractivity contribution in [1.29, 1.82) is 0 Å². The molecule has 0 bridgehead atoms. The molecule has 1 unspecified atom stereocenters. The molecule has 2 heterocycles. The molecule has 82 valence electrons. The first-order valence-corrected chi connectivity index (χ1v) is 5.18. The fourth-order valence-corrected chi connectivity index (χ4v) is 1.89. The van der Waals surface area contributed by atoms with Crippen LogP contribution in [0.15, 0.2) is 12.5 Å². The first-order chi connectivity index (χ1) is 7.20. The summed E-state index contributed by atoms with van der Waals surface area (Å²) in [7, 11) is 1.86. The molecule has 1 aliphatic rings. The highest BCUT2D eigenvalue weighted by Gasteiger charge is 2.26. The Morgan fingerprint density at radius 2 is 2.53 bits per heavy atom. The van der Waals surface area contributed by atoms with Gasteiger partial charge in [0.2, 0.25) is 0 Å². The molecule has 0 radical (unpaired) electrons. The summed E-state index contributed by atoms with van der Waals surface area (Å²) >= 11 is 0. The number of hydrogen-bond acceptors (Lipinski definition) is 3. The van der Waals surface area contributed by atoms with Gasteiger partial charge in [-0.15, -0.1) is 0 Å². The Hall–Kier alpha value is -1.36. The first kappa shape index (κ1) is 10.2. The van der Waals surface area contributed by atoms with E-state index < -0.39 is 0 Å². The molecule has 15 heavy (non-hydrogen) atoms. The van der Waals surface area contributed by atoms with Crippen LogP contribution in [0, 0.1) is 5.92 Å². The highest BCUT2D eigenvalue weighted by Crippen LogP contribution is 2.16. The molecule has 0 aliphatic carbocycles. The van der Waals surface area contributed by atoms with Gasteiger partial charge in [0.1, 0.15) is 5.69 Å². The topological polar surface area (TPSA) is 64.2 Å². The van der Waals surface area contributed by atoms with E-state index in [4.69, 9.17) is 5.73 Å². The lowest BCUT2D eigenvalue weighted by Crippen LogP contribution is -2.30. The average molecular weight is 208 g/mol. The Morgan fingerprint density at radius 3 is 3.07 bits per heavy atom. The summed E-state index contributed by atoms with van der Waals surface area (Å²) in [6.07, 6.45) is 4.40. The van der Waals surface area contributed by atoms with Gasteiger partial charge in [0, 0.05) is 26.3 Å². The zero-order chi connectivity index (χ0) is 10.8. The molecular weight excluding hydrogens is 192 g/mol. The number of aryl methyl sites for hydroxylation is 1. The SMILES string of the molecule is Cn1cnc(C(=O)N2CCC(CN)C2)c1. The van der Waals surface area contributed by atoms with Gasteiger partial charge in [-0.05, 0) is 18.9 Å². The number of aromatic nitrogens is 2. The van der Waals surface area contributed by atoms with Crippen LogP contribution in [-0.2, 0) is 7.05 Å². The van der Waals surface area contributed by atoms with Crippen molar-refractivity contribution in [3.63, 3.8) is 0 Å². The number of carbonyl (C=O) groups excluding carboxylic acids is 1. The molecule has 2 rings (SSSR count). The fourth-order valence-electron chi connectivity index (χ4n) is 1.89. The second kappa shape index (κ2) is 4.02. The van der Waals surface area contributed by atoms with Crippen molar-refractivity contribution < 1.29 is 4.79 Å². The summed E-state index contributed by atoms with van der Waals surface area (Å²) in [5.74, 6) is 0.476. The molecule has 1 saturated heterocycles. The summed E-state index contributed by atoms with van der Waals surface area (Å²) in [6.45, 7) is 2.23. The Labute approximate surface area is 88.9 Å². The van der Waals surface area contributed by atoms with Crippen molar-refractivity contribution in [2.24, 2.45) is 18.7 Å². The third-order valence-corrected chi connectivity index (χ3v) is 2.83. The predicted molar refractivity (Wildman–Crippen MR) is 56.3 cm³/mol. The largest absolute Gasteiger partial charge is 0.340 e. The monoisotopic (exact) mass is 208 g/mol. The van der Waals surface area contributed by atoms with E-state index in [1.165, 1.54) is 0 Å². The molecule has 1 aromatic heterocycles. The minimum absolute atomic E-state index is 0.0200. The van der Waals surface area contributed by atoms with E-state index in [2.05, 4.69) is 4.98 Å². The average Bonchev–Trinajstić information content (AvgIpc) is 2.84. The van der Waals surface area contributed by atoms with Gasteiger partial charge in [0.15, 0.2) is 0 Å². The second-order valence-electron chi connectivity index (χ2n) is 4.07. The fraction of sp³-hybridized carbons (Fsp3) is 0.600. The van der Waals surface area contributed by atoms with Gasteiger partial charge in [-0.3, -0.25) is 4.79 Å².